The van der Waals surface area contributed by atoms with E-state index in [1.165, 1.54) is 11.0 Å². The van der Waals surface area contributed by atoms with Crippen molar-refractivity contribution in [2.75, 3.05) is 36.4 Å². The first-order chi connectivity index (χ1) is 20.8. The van der Waals surface area contributed by atoms with E-state index in [-0.39, 0.29) is 43.4 Å². The number of nitrogens with one attached hydrogen (secondary N) is 2. The lowest BCUT2D eigenvalue weighted by atomic mass is 10.0. The van der Waals surface area contributed by atoms with Crippen molar-refractivity contribution in [3.05, 3.63) is 94.8 Å². The van der Waals surface area contributed by atoms with Crippen molar-refractivity contribution in [3.63, 3.8) is 0 Å². The number of piperazine rings is 1. The first-order valence-electron chi connectivity index (χ1n) is 14.3. The number of carbonyl (C=O) groups is 4. The van der Waals surface area contributed by atoms with Gasteiger partial charge in [0.15, 0.2) is 0 Å². The number of nitrogens with zero attached hydrogens (tertiary/aromatic N) is 3. The number of halogens is 1. The normalized spacial score (nSPS) is 18.8. The maximum atomic E-state index is 15.2. The molecule has 3 heterocycles. The third-order valence-corrected chi connectivity index (χ3v) is 8.12. The van der Waals surface area contributed by atoms with Crippen LogP contribution in [-0.4, -0.2) is 65.8 Å². The van der Waals surface area contributed by atoms with Crippen LogP contribution >= 0.6 is 0 Å². The Bertz CT molecular complexity index is 1540. The number of anilines is 2. The van der Waals surface area contributed by atoms with Gasteiger partial charge in [-0.1, -0.05) is 42.5 Å². The molecule has 10 nitrogen and oxygen atoms in total. The van der Waals surface area contributed by atoms with E-state index in [1.807, 2.05) is 59.5 Å². The van der Waals surface area contributed by atoms with Gasteiger partial charge in [0.1, 0.15) is 18.5 Å². The highest BCUT2D eigenvalue weighted by atomic mass is 19.1. The van der Waals surface area contributed by atoms with Gasteiger partial charge in [-0.05, 0) is 47.4 Å². The molecule has 3 aliphatic heterocycles. The number of piperidine rings is 1. The molecule has 2 N–H and O–H groups in total. The number of rotatable bonds is 7. The van der Waals surface area contributed by atoms with Gasteiger partial charge in [-0.3, -0.25) is 29.9 Å². The summed E-state index contributed by atoms with van der Waals surface area (Å²) in [5, 5.41) is 5.03. The minimum absolute atomic E-state index is 0.172. The summed E-state index contributed by atoms with van der Waals surface area (Å²) in [5.41, 5.74) is 4.06. The van der Waals surface area contributed by atoms with E-state index in [2.05, 4.69) is 15.5 Å². The van der Waals surface area contributed by atoms with Gasteiger partial charge in [0.25, 0.3) is 5.91 Å². The fraction of sp³-hybridized carbons (Fsp3) is 0.312. The molecule has 0 aromatic heterocycles. The average molecular weight is 586 g/mol. The van der Waals surface area contributed by atoms with Crippen molar-refractivity contribution in [1.29, 1.82) is 0 Å². The lowest BCUT2D eigenvalue weighted by Crippen LogP contribution is -2.52. The predicted molar refractivity (Wildman–Crippen MR) is 157 cm³/mol. The molecule has 1 atom stereocenters. The molecule has 3 aliphatic rings. The highest BCUT2D eigenvalue weighted by Gasteiger charge is 2.40. The van der Waals surface area contributed by atoms with Crippen LogP contribution in [0.2, 0.25) is 0 Å². The van der Waals surface area contributed by atoms with Gasteiger partial charge in [-0.15, -0.1) is 0 Å². The number of ether oxygens (including phenoxy) is 1. The minimum Gasteiger partial charge on any atom is -0.444 e. The Hall–Kier alpha value is -4.77. The molecule has 1 unspecified atom stereocenters. The van der Waals surface area contributed by atoms with E-state index in [9.17, 15) is 19.2 Å². The molecular formula is C32H32FN5O5. The number of benzene rings is 3. The van der Waals surface area contributed by atoms with E-state index < -0.39 is 23.9 Å². The second-order valence-corrected chi connectivity index (χ2v) is 11.0. The smallest absolute Gasteiger partial charge is 0.411 e. The fourth-order valence-corrected chi connectivity index (χ4v) is 5.79. The Labute approximate surface area is 248 Å². The number of amides is 4. The molecule has 222 valence electrons. The molecule has 0 aliphatic carbocycles. The molecule has 6 rings (SSSR count). The van der Waals surface area contributed by atoms with Gasteiger partial charge in [-0.2, -0.15) is 0 Å². The first-order valence-corrected chi connectivity index (χ1v) is 14.3. The topological polar surface area (TPSA) is 111 Å². The second kappa shape index (κ2) is 12.2. The zero-order valence-electron chi connectivity index (χ0n) is 23.6. The summed E-state index contributed by atoms with van der Waals surface area (Å²) >= 11 is 0. The Kier molecular flexibility index (Phi) is 8.06. The highest BCUT2D eigenvalue weighted by Crippen LogP contribution is 2.33. The van der Waals surface area contributed by atoms with Crippen LogP contribution in [-0.2, 0) is 34.0 Å². The Morgan fingerprint density at radius 3 is 2.42 bits per heavy atom. The number of imide groups is 1. The molecule has 3 aromatic carbocycles. The first kappa shape index (κ1) is 28.4. The highest BCUT2D eigenvalue weighted by molar-refractivity contribution is 6.05. The van der Waals surface area contributed by atoms with E-state index in [1.54, 1.807) is 6.07 Å². The quantitative estimate of drug-likeness (QED) is 0.407. The van der Waals surface area contributed by atoms with Gasteiger partial charge in [0.05, 0.1) is 5.69 Å². The van der Waals surface area contributed by atoms with Crippen LogP contribution in [0.25, 0.3) is 0 Å². The molecule has 2 fully saturated rings. The molecule has 4 amide bonds. The van der Waals surface area contributed by atoms with Gasteiger partial charge in [0.2, 0.25) is 11.8 Å². The number of carbonyl (C=O) groups excluding carboxylic acids is 4. The summed E-state index contributed by atoms with van der Waals surface area (Å²) in [6.07, 6.45) is -0.0763. The Morgan fingerprint density at radius 1 is 0.953 bits per heavy atom. The summed E-state index contributed by atoms with van der Waals surface area (Å²) in [6, 6.07) is 19.4. The van der Waals surface area contributed by atoms with Crippen molar-refractivity contribution in [1.82, 2.24) is 15.1 Å². The number of hydrogen-bond donors (Lipinski definition) is 2. The summed E-state index contributed by atoms with van der Waals surface area (Å²) in [4.78, 5) is 54.7. The zero-order valence-corrected chi connectivity index (χ0v) is 23.6. The Morgan fingerprint density at radius 2 is 1.70 bits per heavy atom. The second-order valence-electron chi connectivity index (χ2n) is 11.0. The average Bonchev–Trinajstić information content (AvgIpc) is 3.32. The van der Waals surface area contributed by atoms with E-state index in [0.29, 0.717) is 36.6 Å². The molecule has 3 aromatic rings. The lowest BCUT2D eigenvalue weighted by molar-refractivity contribution is -0.136. The van der Waals surface area contributed by atoms with Crippen LogP contribution in [0.5, 0.6) is 0 Å². The van der Waals surface area contributed by atoms with Crippen LogP contribution in [0.3, 0.4) is 0 Å². The van der Waals surface area contributed by atoms with Crippen LogP contribution in [0.1, 0.15) is 39.9 Å². The van der Waals surface area contributed by atoms with Crippen molar-refractivity contribution >= 4 is 35.2 Å². The maximum absolute atomic E-state index is 15.2. The SMILES string of the molecule is O=C1CCC(N2Cc3cc(N4CCN(Cc5ccc(NC(=O)OCc6ccccc6)cc5)CC4)c(F)cc3C2=O)C(=O)N1. The largest absolute Gasteiger partial charge is 0.444 e. The van der Waals surface area contributed by atoms with Crippen LogP contribution < -0.4 is 15.5 Å². The maximum Gasteiger partial charge on any atom is 0.411 e. The van der Waals surface area contributed by atoms with E-state index in [0.717, 1.165) is 24.2 Å². The van der Waals surface area contributed by atoms with Crippen molar-refractivity contribution in [2.45, 2.75) is 38.6 Å². The Balaban J connectivity index is 1.00. The minimum atomic E-state index is -0.731. The third-order valence-electron chi connectivity index (χ3n) is 8.12. The van der Waals surface area contributed by atoms with E-state index in [4.69, 9.17) is 4.74 Å². The molecule has 43 heavy (non-hydrogen) atoms. The molecule has 0 radical (unpaired) electrons. The zero-order chi connectivity index (χ0) is 29.9. The summed E-state index contributed by atoms with van der Waals surface area (Å²) in [5.74, 6) is -1.67. The molecule has 0 saturated carbocycles. The lowest BCUT2D eigenvalue weighted by Gasteiger charge is -2.36. The molecule has 0 spiro atoms. The van der Waals surface area contributed by atoms with Crippen molar-refractivity contribution in [2.24, 2.45) is 0 Å². The summed E-state index contributed by atoms with van der Waals surface area (Å²) in [6.45, 7) is 3.82. The van der Waals surface area contributed by atoms with Gasteiger partial charge in [0, 0.05) is 56.9 Å². The van der Waals surface area contributed by atoms with Gasteiger partial charge in [-0.25, -0.2) is 9.18 Å². The standard InChI is InChI=1S/C32H32FN5O5/c33-26-17-25-23(19-38(31(25)41)27-10-11-29(39)35-30(27)40)16-28(26)37-14-12-36(13-15-37)18-21-6-8-24(9-7-21)34-32(42)43-20-22-4-2-1-3-5-22/h1-9,16-17,27H,10-15,18-20H2,(H,34,42)(H,35,39,40). The van der Waals surface area contributed by atoms with Crippen LogP contribution in [0, 0.1) is 5.82 Å². The van der Waals surface area contributed by atoms with Crippen molar-refractivity contribution < 1.29 is 28.3 Å². The summed E-state index contributed by atoms with van der Waals surface area (Å²) in [7, 11) is 0. The summed E-state index contributed by atoms with van der Waals surface area (Å²) < 4.78 is 20.5. The monoisotopic (exact) mass is 585 g/mol. The van der Waals surface area contributed by atoms with Crippen LogP contribution in [0.4, 0.5) is 20.6 Å². The molecule has 11 heteroatoms. The van der Waals surface area contributed by atoms with E-state index >= 15 is 4.39 Å². The van der Waals surface area contributed by atoms with Crippen LogP contribution in [0.15, 0.2) is 66.7 Å². The molecule has 2 saturated heterocycles. The predicted octanol–water partition coefficient (Wildman–Crippen LogP) is 3.66. The van der Waals surface area contributed by atoms with Gasteiger partial charge < -0.3 is 14.5 Å². The van der Waals surface area contributed by atoms with Crippen molar-refractivity contribution in [3.8, 4) is 0 Å². The number of fused-ring (bicyclic) bond motifs is 1. The molecular weight excluding hydrogens is 553 g/mol. The number of hydrogen-bond acceptors (Lipinski definition) is 7. The van der Waals surface area contributed by atoms with Gasteiger partial charge >= 0.3 is 6.09 Å². The fourth-order valence-electron chi connectivity index (χ4n) is 5.79. The third kappa shape index (κ3) is 6.36. The molecule has 0 bridgehead atoms.